The summed E-state index contributed by atoms with van der Waals surface area (Å²) in [4.78, 5) is 72.3. The SMILES string of the molecule is CC(=O)OC(C)OC(=O)C1=C(COC(N)=O)CS[C@@H]2[C@H](NC(=O)/C(=N/OCC3CC3)c3csc(N)n3)C(=O)N12. The van der Waals surface area contributed by atoms with Crippen molar-refractivity contribution in [1.82, 2.24) is 15.2 Å². The number of nitrogens with one attached hydrogen (secondary N) is 1. The number of amides is 3. The van der Waals surface area contributed by atoms with Crippen LogP contribution in [-0.4, -0.2) is 82.1 Å². The molecule has 17 heteroatoms. The molecule has 4 rings (SSSR count). The van der Waals surface area contributed by atoms with Gasteiger partial charge in [-0.05, 0) is 18.8 Å². The Morgan fingerprint density at radius 1 is 1.28 bits per heavy atom. The van der Waals surface area contributed by atoms with Crippen molar-refractivity contribution in [3.63, 3.8) is 0 Å². The lowest BCUT2D eigenvalue weighted by molar-refractivity contribution is -0.182. The number of primary amides is 1. The molecule has 2 fully saturated rings. The number of esters is 2. The van der Waals surface area contributed by atoms with Crippen molar-refractivity contribution < 1.29 is 43.0 Å². The van der Waals surface area contributed by atoms with Gasteiger partial charge >= 0.3 is 18.0 Å². The van der Waals surface area contributed by atoms with E-state index in [-0.39, 0.29) is 40.2 Å². The number of aromatic nitrogens is 1. The van der Waals surface area contributed by atoms with Gasteiger partial charge in [-0.25, -0.2) is 14.6 Å². The van der Waals surface area contributed by atoms with Crippen LogP contribution in [0.3, 0.4) is 0 Å². The zero-order chi connectivity index (χ0) is 28.3. The number of hydrogen-bond acceptors (Lipinski definition) is 14. The van der Waals surface area contributed by atoms with Crippen LogP contribution in [0.25, 0.3) is 0 Å². The van der Waals surface area contributed by atoms with Gasteiger partial charge in [0.15, 0.2) is 10.8 Å². The third-order valence-electron chi connectivity index (χ3n) is 5.66. The number of rotatable bonds is 11. The number of oxime groups is 1. The highest BCUT2D eigenvalue weighted by Gasteiger charge is 2.55. The summed E-state index contributed by atoms with van der Waals surface area (Å²) in [5.41, 5.74) is 10.9. The molecule has 15 nitrogen and oxygen atoms in total. The van der Waals surface area contributed by atoms with E-state index in [1.807, 2.05) is 0 Å². The van der Waals surface area contributed by atoms with Crippen LogP contribution in [0.15, 0.2) is 21.8 Å². The number of nitrogens with zero attached hydrogens (tertiary/aromatic N) is 3. The van der Waals surface area contributed by atoms with E-state index in [1.54, 1.807) is 5.38 Å². The van der Waals surface area contributed by atoms with Crippen molar-refractivity contribution in [2.45, 2.75) is 44.4 Å². The standard InChI is InChI=1S/C22H26N6O9S2/c1-9(29)36-10(2)37-20(32)16-12(6-34-22(24)33)7-38-19-15(18(31)28(16)19)26-17(30)14(13-8-39-21(23)25-13)27-35-5-11-3-4-11/h8,10-11,15,19H,3-7H2,1-2H3,(H2,23,25)(H2,24,33)(H,26,30)/b27-14+/t10?,15-,19-/m1/s1. The molecule has 0 spiro atoms. The maximum Gasteiger partial charge on any atom is 0.404 e. The number of nitrogen functional groups attached to an aromatic ring is 1. The van der Waals surface area contributed by atoms with E-state index in [1.165, 1.54) is 18.7 Å². The van der Waals surface area contributed by atoms with Crippen molar-refractivity contribution in [2.75, 3.05) is 24.7 Å². The molecule has 1 aromatic rings. The number of nitrogens with two attached hydrogens (primary N) is 2. The van der Waals surface area contributed by atoms with E-state index in [0.29, 0.717) is 12.5 Å². The van der Waals surface area contributed by atoms with Gasteiger partial charge in [0.2, 0.25) is 6.29 Å². The second kappa shape index (κ2) is 11.9. The first-order valence-corrected chi connectivity index (χ1v) is 13.7. The molecule has 5 N–H and O–H groups in total. The molecule has 1 aromatic heterocycles. The molecular weight excluding hydrogens is 556 g/mol. The van der Waals surface area contributed by atoms with Gasteiger partial charge < -0.3 is 35.8 Å². The van der Waals surface area contributed by atoms with Crippen molar-refractivity contribution in [3.05, 3.63) is 22.3 Å². The lowest BCUT2D eigenvalue weighted by Crippen LogP contribution is -2.71. The minimum atomic E-state index is -1.25. The average Bonchev–Trinajstić information content (AvgIpc) is 3.60. The normalized spacial score (nSPS) is 21.3. The summed E-state index contributed by atoms with van der Waals surface area (Å²) in [5.74, 6) is -2.46. The second-order valence-electron chi connectivity index (χ2n) is 8.75. The highest BCUT2D eigenvalue weighted by Crippen LogP contribution is 2.41. The Hall–Kier alpha value is -3.86. The Morgan fingerprint density at radius 2 is 2.03 bits per heavy atom. The predicted molar refractivity (Wildman–Crippen MR) is 137 cm³/mol. The van der Waals surface area contributed by atoms with Crippen molar-refractivity contribution in [1.29, 1.82) is 0 Å². The number of carbonyl (C=O) groups excluding carboxylic acids is 5. The first-order valence-electron chi connectivity index (χ1n) is 11.7. The molecule has 210 valence electrons. The molecule has 1 saturated carbocycles. The van der Waals surface area contributed by atoms with Crippen molar-refractivity contribution in [2.24, 2.45) is 16.8 Å². The van der Waals surface area contributed by atoms with Gasteiger partial charge in [0.1, 0.15) is 36.0 Å². The first-order chi connectivity index (χ1) is 18.5. The van der Waals surface area contributed by atoms with E-state index in [9.17, 15) is 24.0 Å². The van der Waals surface area contributed by atoms with E-state index in [2.05, 4.69) is 15.5 Å². The lowest BCUT2D eigenvalue weighted by atomic mass is 10.0. The molecule has 0 radical (unpaired) electrons. The minimum Gasteiger partial charge on any atom is -0.445 e. The number of anilines is 1. The smallest absolute Gasteiger partial charge is 0.404 e. The number of carbonyl (C=O) groups is 5. The Balaban J connectivity index is 1.51. The largest absolute Gasteiger partial charge is 0.445 e. The molecule has 3 heterocycles. The van der Waals surface area contributed by atoms with Crippen LogP contribution < -0.4 is 16.8 Å². The first kappa shape index (κ1) is 28.2. The Morgan fingerprint density at radius 3 is 2.64 bits per heavy atom. The minimum absolute atomic E-state index is 0.142. The third kappa shape index (κ3) is 6.78. The van der Waals surface area contributed by atoms with Gasteiger partial charge in [-0.15, -0.1) is 23.1 Å². The van der Waals surface area contributed by atoms with E-state index < -0.39 is 47.6 Å². The molecule has 2 aliphatic heterocycles. The number of ether oxygens (including phenoxy) is 3. The number of fused-ring (bicyclic) bond motifs is 1. The fourth-order valence-corrected chi connectivity index (χ4v) is 5.58. The van der Waals surface area contributed by atoms with Gasteiger partial charge in [0.05, 0.1) is 0 Å². The summed E-state index contributed by atoms with van der Waals surface area (Å²) in [6.07, 6.45) is -0.276. The summed E-state index contributed by atoms with van der Waals surface area (Å²) in [7, 11) is 0. The molecule has 3 amide bonds. The summed E-state index contributed by atoms with van der Waals surface area (Å²) in [5, 5.41) is 7.66. The van der Waals surface area contributed by atoms with Crippen LogP contribution in [0.4, 0.5) is 9.93 Å². The lowest BCUT2D eigenvalue weighted by Gasteiger charge is -2.49. The molecule has 3 aliphatic rings. The number of thioether (sulfide) groups is 1. The van der Waals surface area contributed by atoms with E-state index in [0.717, 1.165) is 36.0 Å². The average molecular weight is 583 g/mol. The van der Waals surface area contributed by atoms with Crippen LogP contribution in [0.2, 0.25) is 0 Å². The molecule has 39 heavy (non-hydrogen) atoms. The number of β-lactam (4-membered cyclic amide) rings is 1. The number of hydrogen-bond donors (Lipinski definition) is 3. The van der Waals surface area contributed by atoms with Crippen LogP contribution in [0.5, 0.6) is 0 Å². The maximum atomic E-state index is 13.2. The molecule has 0 bridgehead atoms. The quantitative estimate of drug-likeness (QED) is 0.104. The topological polar surface area (TPSA) is 215 Å². The number of thiazole rings is 1. The summed E-state index contributed by atoms with van der Waals surface area (Å²) < 4.78 is 14.8. The van der Waals surface area contributed by atoms with Gasteiger partial charge in [0.25, 0.3) is 11.8 Å². The molecule has 1 saturated heterocycles. The monoisotopic (exact) mass is 582 g/mol. The Bertz CT molecular complexity index is 1240. The predicted octanol–water partition coefficient (Wildman–Crippen LogP) is 0.0576. The third-order valence-corrected chi connectivity index (χ3v) is 7.68. The molecule has 1 aliphatic carbocycles. The van der Waals surface area contributed by atoms with Gasteiger partial charge in [0, 0.05) is 30.6 Å². The molecular formula is C22H26N6O9S2. The summed E-state index contributed by atoms with van der Waals surface area (Å²) in [6, 6.07) is -1.03. The fourth-order valence-electron chi connectivity index (χ4n) is 3.71. The zero-order valence-corrected chi connectivity index (χ0v) is 22.5. The highest BCUT2D eigenvalue weighted by molar-refractivity contribution is 8.00. The summed E-state index contributed by atoms with van der Waals surface area (Å²) in [6.45, 7) is 2.45. The Labute approximate surface area is 230 Å². The van der Waals surface area contributed by atoms with Crippen molar-refractivity contribution >= 4 is 63.8 Å². The second-order valence-corrected chi connectivity index (χ2v) is 10.7. The van der Waals surface area contributed by atoms with Crippen LogP contribution in [0.1, 0.15) is 32.4 Å². The highest BCUT2D eigenvalue weighted by atomic mass is 32.2. The van der Waals surface area contributed by atoms with Crippen molar-refractivity contribution in [3.8, 4) is 0 Å². The fraction of sp³-hybridized carbons (Fsp3) is 0.500. The van der Waals surface area contributed by atoms with Gasteiger partial charge in [-0.3, -0.25) is 19.3 Å². The van der Waals surface area contributed by atoms with Gasteiger partial charge in [-0.1, -0.05) is 5.16 Å². The van der Waals surface area contributed by atoms with Crippen LogP contribution >= 0.6 is 23.1 Å². The van der Waals surface area contributed by atoms with E-state index >= 15 is 0 Å². The summed E-state index contributed by atoms with van der Waals surface area (Å²) >= 11 is 2.34. The van der Waals surface area contributed by atoms with Crippen LogP contribution in [0, 0.1) is 5.92 Å². The molecule has 3 atom stereocenters. The maximum absolute atomic E-state index is 13.2. The van der Waals surface area contributed by atoms with E-state index in [4.69, 9.17) is 30.5 Å². The molecule has 0 aromatic carbocycles. The Kier molecular flexibility index (Phi) is 8.59. The van der Waals surface area contributed by atoms with Crippen LogP contribution in [-0.2, 0) is 38.2 Å². The van der Waals surface area contributed by atoms with Gasteiger partial charge in [-0.2, -0.15) is 0 Å². The zero-order valence-electron chi connectivity index (χ0n) is 20.9. The molecule has 1 unspecified atom stereocenters.